The van der Waals surface area contributed by atoms with Gasteiger partial charge in [0.25, 0.3) is 5.91 Å². The van der Waals surface area contributed by atoms with E-state index in [1.165, 1.54) is 0 Å². The van der Waals surface area contributed by atoms with Gasteiger partial charge in [0, 0.05) is 36.0 Å². The van der Waals surface area contributed by atoms with Crippen molar-refractivity contribution in [1.82, 2.24) is 24.5 Å². The lowest BCUT2D eigenvalue weighted by Crippen LogP contribution is -2.38. The number of hydrogen-bond acceptors (Lipinski definition) is 4. The van der Waals surface area contributed by atoms with E-state index >= 15 is 0 Å². The maximum atomic E-state index is 13.8. The van der Waals surface area contributed by atoms with Crippen molar-refractivity contribution in [2.75, 3.05) is 6.54 Å². The monoisotopic (exact) mass is 431 g/mol. The number of carbonyl (C=O) groups is 1. The van der Waals surface area contributed by atoms with Crippen LogP contribution in [0.25, 0.3) is 5.65 Å². The Bertz CT molecular complexity index is 1100. The van der Waals surface area contributed by atoms with Crippen LogP contribution in [0.1, 0.15) is 73.5 Å². The van der Waals surface area contributed by atoms with Crippen LogP contribution in [-0.4, -0.2) is 36.9 Å². The van der Waals surface area contributed by atoms with Gasteiger partial charge in [-0.15, -0.1) is 0 Å². The third-order valence-electron chi connectivity index (χ3n) is 5.54. The van der Waals surface area contributed by atoms with Gasteiger partial charge in [0.1, 0.15) is 5.69 Å². The number of alkyl halides is 3. The Morgan fingerprint density at radius 3 is 2.45 bits per heavy atom. The number of piperidine rings is 1. The maximum Gasteiger partial charge on any atom is 0.433 e. The SMILES string of the molecule is CC(C)(C)c1cc(C(F)(F)F)n2nc([C@H]3CCCCN3C(=O)c3ccncc3)cc2n1. The molecular weight excluding hydrogens is 407 g/mol. The van der Waals surface area contributed by atoms with Gasteiger partial charge in [-0.2, -0.15) is 18.3 Å². The van der Waals surface area contributed by atoms with Gasteiger partial charge in [0.05, 0.1) is 17.4 Å². The van der Waals surface area contributed by atoms with Gasteiger partial charge in [-0.05, 0) is 37.5 Å². The van der Waals surface area contributed by atoms with Gasteiger partial charge >= 0.3 is 6.18 Å². The first-order valence-corrected chi connectivity index (χ1v) is 10.2. The van der Waals surface area contributed by atoms with Crippen molar-refractivity contribution >= 4 is 11.6 Å². The summed E-state index contributed by atoms with van der Waals surface area (Å²) >= 11 is 0. The molecular formula is C22H24F3N5O. The van der Waals surface area contributed by atoms with Crippen molar-refractivity contribution in [1.29, 1.82) is 0 Å². The van der Waals surface area contributed by atoms with E-state index in [1.807, 2.05) is 20.8 Å². The number of fused-ring (bicyclic) bond motifs is 1. The second-order valence-corrected chi connectivity index (χ2v) is 8.86. The number of nitrogens with zero attached hydrogens (tertiary/aromatic N) is 5. The molecule has 1 saturated heterocycles. The van der Waals surface area contributed by atoms with Gasteiger partial charge in [-0.25, -0.2) is 9.50 Å². The quantitative estimate of drug-likeness (QED) is 0.584. The molecule has 0 aliphatic carbocycles. The van der Waals surface area contributed by atoms with E-state index in [1.54, 1.807) is 35.5 Å². The number of pyridine rings is 1. The lowest BCUT2D eigenvalue weighted by atomic mass is 9.91. The molecule has 4 rings (SSSR count). The minimum atomic E-state index is -4.58. The number of hydrogen-bond donors (Lipinski definition) is 0. The Balaban J connectivity index is 1.80. The molecule has 0 aromatic carbocycles. The molecule has 1 aliphatic heterocycles. The summed E-state index contributed by atoms with van der Waals surface area (Å²) in [7, 11) is 0. The fraction of sp³-hybridized carbons (Fsp3) is 0.455. The molecule has 0 radical (unpaired) electrons. The molecule has 9 heteroatoms. The molecule has 0 spiro atoms. The van der Waals surface area contributed by atoms with Crippen molar-refractivity contribution in [2.45, 2.75) is 57.7 Å². The molecule has 3 aromatic rings. The first kappa shape index (κ1) is 21.3. The minimum Gasteiger partial charge on any atom is -0.330 e. The highest BCUT2D eigenvalue weighted by molar-refractivity contribution is 5.94. The zero-order chi connectivity index (χ0) is 22.4. The number of likely N-dealkylation sites (tertiary alicyclic amines) is 1. The van der Waals surface area contributed by atoms with Gasteiger partial charge in [0.15, 0.2) is 5.65 Å². The lowest BCUT2D eigenvalue weighted by Gasteiger charge is -2.34. The highest BCUT2D eigenvalue weighted by Crippen LogP contribution is 2.35. The normalized spacial score (nSPS) is 17.9. The summed E-state index contributed by atoms with van der Waals surface area (Å²) in [6, 6.07) is 5.50. The van der Waals surface area contributed by atoms with Crippen molar-refractivity contribution in [3.8, 4) is 0 Å². The summed E-state index contributed by atoms with van der Waals surface area (Å²) in [6.07, 6.45) is 0.847. The first-order valence-electron chi connectivity index (χ1n) is 10.2. The molecule has 0 N–H and O–H groups in total. The fourth-order valence-corrected chi connectivity index (χ4v) is 3.88. The minimum absolute atomic E-state index is 0.136. The molecule has 4 heterocycles. The molecule has 1 atom stereocenters. The summed E-state index contributed by atoms with van der Waals surface area (Å²) in [4.78, 5) is 23.2. The average molecular weight is 431 g/mol. The van der Waals surface area contributed by atoms with Crippen LogP contribution in [-0.2, 0) is 11.6 Å². The highest BCUT2D eigenvalue weighted by Gasteiger charge is 2.37. The van der Waals surface area contributed by atoms with E-state index in [2.05, 4.69) is 15.1 Å². The van der Waals surface area contributed by atoms with E-state index in [9.17, 15) is 18.0 Å². The van der Waals surface area contributed by atoms with Crippen LogP contribution in [0.4, 0.5) is 13.2 Å². The Labute approximate surface area is 178 Å². The lowest BCUT2D eigenvalue weighted by molar-refractivity contribution is -0.142. The van der Waals surface area contributed by atoms with E-state index < -0.39 is 23.3 Å². The van der Waals surface area contributed by atoms with Crippen molar-refractivity contribution in [3.63, 3.8) is 0 Å². The Kier molecular flexibility index (Phi) is 5.23. The van der Waals surface area contributed by atoms with Crippen molar-refractivity contribution < 1.29 is 18.0 Å². The van der Waals surface area contributed by atoms with Gasteiger partial charge in [-0.3, -0.25) is 9.78 Å². The summed E-state index contributed by atoms with van der Waals surface area (Å²) in [5.74, 6) is -0.177. The number of amides is 1. The largest absolute Gasteiger partial charge is 0.433 e. The number of aromatic nitrogens is 4. The molecule has 0 bridgehead atoms. The molecule has 3 aromatic heterocycles. The molecule has 6 nitrogen and oxygen atoms in total. The fourth-order valence-electron chi connectivity index (χ4n) is 3.88. The van der Waals surface area contributed by atoms with Crippen molar-refractivity contribution in [2.24, 2.45) is 0 Å². The van der Waals surface area contributed by atoms with E-state index in [4.69, 9.17) is 0 Å². The summed E-state index contributed by atoms with van der Waals surface area (Å²) < 4.78 is 42.3. The zero-order valence-electron chi connectivity index (χ0n) is 17.6. The van der Waals surface area contributed by atoms with E-state index in [-0.39, 0.29) is 11.6 Å². The molecule has 1 fully saturated rings. The maximum absolute atomic E-state index is 13.8. The van der Waals surface area contributed by atoms with Gasteiger partial charge in [-0.1, -0.05) is 20.8 Å². The Morgan fingerprint density at radius 2 is 1.81 bits per heavy atom. The van der Waals surface area contributed by atoms with Crippen LogP contribution in [0.2, 0.25) is 0 Å². The van der Waals surface area contributed by atoms with Crippen LogP contribution in [0.5, 0.6) is 0 Å². The summed E-state index contributed by atoms with van der Waals surface area (Å²) in [5.41, 5.74) is -0.0263. The smallest absolute Gasteiger partial charge is 0.330 e. The number of halogens is 3. The topological polar surface area (TPSA) is 63.4 Å². The predicted molar refractivity (Wildman–Crippen MR) is 109 cm³/mol. The van der Waals surface area contributed by atoms with E-state index in [0.29, 0.717) is 29.9 Å². The standard InChI is InChI=1S/C22H24F3N5O/c1-21(2,3)17-13-18(22(23,24)25)30-19(27-17)12-15(28-30)16-6-4-5-11-29(16)20(31)14-7-9-26-10-8-14/h7-10,12-13,16H,4-6,11H2,1-3H3/t16-/m1/s1. The van der Waals surface area contributed by atoms with E-state index in [0.717, 1.165) is 23.4 Å². The third-order valence-corrected chi connectivity index (χ3v) is 5.54. The average Bonchev–Trinajstić information content (AvgIpc) is 3.16. The van der Waals surface area contributed by atoms with Gasteiger partial charge in [0.2, 0.25) is 0 Å². The second-order valence-electron chi connectivity index (χ2n) is 8.86. The second kappa shape index (κ2) is 7.62. The molecule has 164 valence electrons. The molecule has 31 heavy (non-hydrogen) atoms. The van der Waals surface area contributed by atoms with Crippen LogP contribution in [0.3, 0.4) is 0 Å². The molecule has 0 saturated carbocycles. The number of rotatable bonds is 2. The molecule has 0 unspecified atom stereocenters. The molecule has 1 amide bonds. The first-order chi connectivity index (χ1) is 14.6. The van der Waals surface area contributed by atoms with Crippen LogP contribution < -0.4 is 0 Å². The zero-order valence-corrected chi connectivity index (χ0v) is 17.6. The Morgan fingerprint density at radius 1 is 1.10 bits per heavy atom. The third kappa shape index (κ3) is 4.13. The van der Waals surface area contributed by atoms with Crippen LogP contribution in [0, 0.1) is 0 Å². The van der Waals surface area contributed by atoms with Crippen molar-refractivity contribution in [3.05, 3.63) is 59.3 Å². The molecule has 1 aliphatic rings. The van der Waals surface area contributed by atoms with Crippen LogP contribution in [0.15, 0.2) is 36.7 Å². The summed E-state index contributed by atoms with van der Waals surface area (Å²) in [5, 5.41) is 4.28. The summed E-state index contributed by atoms with van der Waals surface area (Å²) in [6.45, 7) is 5.98. The Hall–Kier alpha value is -2.97. The van der Waals surface area contributed by atoms with Crippen LogP contribution >= 0.6 is 0 Å². The highest BCUT2D eigenvalue weighted by atomic mass is 19.4. The van der Waals surface area contributed by atoms with Gasteiger partial charge < -0.3 is 4.90 Å². The predicted octanol–water partition coefficient (Wildman–Crippen LogP) is 4.81. The number of carbonyl (C=O) groups excluding carboxylic acids is 1.